The van der Waals surface area contributed by atoms with E-state index in [9.17, 15) is 0 Å². The summed E-state index contributed by atoms with van der Waals surface area (Å²) in [6.07, 6.45) is 4.20. The molecule has 2 fully saturated rings. The van der Waals surface area contributed by atoms with Crippen molar-refractivity contribution in [3.63, 3.8) is 0 Å². The van der Waals surface area contributed by atoms with Crippen molar-refractivity contribution in [3.8, 4) is 0 Å². The van der Waals surface area contributed by atoms with Crippen LogP contribution >= 0.6 is 11.8 Å². The number of nitrogens with two attached hydrogens (primary N) is 1. The van der Waals surface area contributed by atoms with Gasteiger partial charge in [-0.05, 0) is 31.9 Å². The molecule has 1 heterocycles. The van der Waals surface area contributed by atoms with E-state index in [-0.39, 0.29) is 0 Å². The molecule has 1 saturated carbocycles. The molecule has 0 aromatic carbocycles. The summed E-state index contributed by atoms with van der Waals surface area (Å²) in [5.74, 6) is 2.69. The monoisotopic (exact) mass is 200 g/mol. The van der Waals surface area contributed by atoms with Crippen molar-refractivity contribution in [1.29, 1.82) is 0 Å². The zero-order valence-electron chi connectivity index (χ0n) is 8.41. The first kappa shape index (κ1) is 9.81. The molecule has 0 spiro atoms. The van der Waals surface area contributed by atoms with Gasteiger partial charge in [0.15, 0.2) is 0 Å². The fourth-order valence-corrected chi connectivity index (χ4v) is 3.49. The van der Waals surface area contributed by atoms with Crippen LogP contribution in [0.2, 0.25) is 0 Å². The van der Waals surface area contributed by atoms with E-state index in [2.05, 4.69) is 23.6 Å². The van der Waals surface area contributed by atoms with Gasteiger partial charge in [0.1, 0.15) is 0 Å². The first-order valence-electron chi connectivity index (χ1n) is 5.38. The SMILES string of the molecule is CC(CN)N(C1CC1)C1CCSC1. The van der Waals surface area contributed by atoms with Gasteiger partial charge in [-0.2, -0.15) is 11.8 Å². The molecular weight excluding hydrogens is 180 g/mol. The second-order valence-electron chi connectivity index (χ2n) is 4.28. The van der Waals surface area contributed by atoms with E-state index < -0.39 is 0 Å². The van der Waals surface area contributed by atoms with Gasteiger partial charge in [-0.25, -0.2) is 0 Å². The molecule has 2 N–H and O–H groups in total. The molecule has 1 aliphatic heterocycles. The quantitative estimate of drug-likeness (QED) is 0.742. The summed E-state index contributed by atoms with van der Waals surface area (Å²) in [5, 5.41) is 0. The normalized spacial score (nSPS) is 31.2. The molecule has 0 amide bonds. The van der Waals surface area contributed by atoms with Crippen LogP contribution in [0.25, 0.3) is 0 Å². The number of hydrogen-bond donors (Lipinski definition) is 1. The Kier molecular flexibility index (Phi) is 3.17. The molecule has 2 unspecified atom stereocenters. The average molecular weight is 200 g/mol. The molecule has 3 heteroatoms. The maximum Gasteiger partial charge on any atom is 0.0200 e. The van der Waals surface area contributed by atoms with Crippen molar-refractivity contribution in [2.45, 2.75) is 44.3 Å². The summed E-state index contributed by atoms with van der Waals surface area (Å²) in [4.78, 5) is 2.69. The van der Waals surface area contributed by atoms with E-state index >= 15 is 0 Å². The highest BCUT2D eigenvalue weighted by Gasteiger charge is 2.37. The van der Waals surface area contributed by atoms with Crippen LogP contribution in [-0.4, -0.2) is 41.1 Å². The van der Waals surface area contributed by atoms with Crippen molar-refractivity contribution >= 4 is 11.8 Å². The predicted molar refractivity (Wildman–Crippen MR) is 59.1 cm³/mol. The van der Waals surface area contributed by atoms with Gasteiger partial charge in [-0.1, -0.05) is 0 Å². The lowest BCUT2D eigenvalue weighted by molar-refractivity contribution is 0.150. The molecule has 0 aromatic heterocycles. The van der Waals surface area contributed by atoms with Gasteiger partial charge in [-0.3, -0.25) is 4.90 Å². The van der Waals surface area contributed by atoms with Gasteiger partial charge in [0.05, 0.1) is 0 Å². The largest absolute Gasteiger partial charge is 0.329 e. The van der Waals surface area contributed by atoms with E-state index in [0.717, 1.165) is 18.6 Å². The molecular formula is C10H20N2S. The van der Waals surface area contributed by atoms with Gasteiger partial charge >= 0.3 is 0 Å². The minimum atomic E-state index is 0.594. The number of hydrogen-bond acceptors (Lipinski definition) is 3. The molecule has 2 rings (SSSR count). The second-order valence-corrected chi connectivity index (χ2v) is 5.43. The molecule has 13 heavy (non-hydrogen) atoms. The number of nitrogens with zero attached hydrogens (tertiary/aromatic N) is 1. The second kappa shape index (κ2) is 4.20. The van der Waals surface area contributed by atoms with Crippen LogP contribution in [0, 0.1) is 0 Å². The molecule has 0 aromatic rings. The minimum Gasteiger partial charge on any atom is -0.329 e. The van der Waals surface area contributed by atoms with Crippen molar-refractivity contribution in [2.24, 2.45) is 5.73 Å². The minimum absolute atomic E-state index is 0.594. The lowest BCUT2D eigenvalue weighted by Crippen LogP contribution is -2.46. The van der Waals surface area contributed by atoms with E-state index in [1.807, 2.05) is 0 Å². The molecule has 1 aliphatic carbocycles. The highest BCUT2D eigenvalue weighted by atomic mass is 32.2. The molecule has 2 nitrogen and oxygen atoms in total. The first-order chi connectivity index (χ1) is 6.33. The van der Waals surface area contributed by atoms with Crippen LogP contribution < -0.4 is 5.73 Å². The Labute approximate surface area is 85.2 Å². The topological polar surface area (TPSA) is 29.3 Å². The highest BCUT2D eigenvalue weighted by molar-refractivity contribution is 7.99. The van der Waals surface area contributed by atoms with Crippen molar-refractivity contribution < 1.29 is 0 Å². The Balaban J connectivity index is 1.95. The van der Waals surface area contributed by atoms with Crippen LogP contribution in [0.4, 0.5) is 0 Å². The fraction of sp³-hybridized carbons (Fsp3) is 1.00. The molecule has 2 aliphatic rings. The van der Waals surface area contributed by atoms with Gasteiger partial charge < -0.3 is 5.73 Å². The van der Waals surface area contributed by atoms with Gasteiger partial charge in [0.25, 0.3) is 0 Å². The van der Waals surface area contributed by atoms with Gasteiger partial charge in [-0.15, -0.1) is 0 Å². The maximum atomic E-state index is 5.76. The Morgan fingerprint density at radius 3 is 2.62 bits per heavy atom. The number of rotatable bonds is 4. The zero-order valence-corrected chi connectivity index (χ0v) is 9.22. The zero-order chi connectivity index (χ0) is 9.26. The van der Waals surface area contributed by atoms with Crippen molar-refractivity contribution in [1.82, 2.24) is 4.90 Å². The lowest BCUT2D eigenvalue weighted by Gasteiger charge is -2.33. The molecule has 0 bridgehead atoms. The Bertz CT molecular complexity index is 164. The highest BCUT2D eigenvalue weighted by Crippen LogP contribution is 2.34. The summed E-state index contributed by atoms with van der Waals surface area (Å²) >= 11 is 2.10. The van der Waals surface area contributed by atoms with E-state index in [1.165, 1.54) is 30.8 Å². The standard InChI is InChI=1S/C10H20N2S/c1-8(6-11)12(9-2-3-9)10-4-5-13-7-10/h8-10H,2-7,11H2,1H3. The van der Waals surface area contributed by atoms with Crippen LogP contribution in [-0.2, 0) is 0 Å². The first-order valence-corrected chi connectivity index (χ1v) is 6.53. The molecule has 2 atom stereocenters. The Morgan fingerprint density at radius 2 is 2.15 bits per heavy atom. The summed E-state index contributed by atoms with van der Waals surface area (Å²) < 4.78 is 0. The third-order valence-electron chi connectivity index (χ3n) is 3.15. The lowest BCUT2D eigenvalue weighted by atomic mass is 10.1. The maximum absolute atomic E-state index is 5.76. The number of thioether (sulfide) groups is 1. The van der Waals surface area contributed by atoms with Crippen LogP contribution in [0.1, 0.15) is 26.2 Å². The van der Waals surface area contributed by atoms with Gasteiger partial charge in [0.2, 0.25) is 0 Å². The Hall–Kier alpha value is 0.270. The van der Waals surface area contributed by atoms with Crippen LogP contribution in [0.5, 0.6) is 0 Å². The molecule has 1 saturated heterocycles. The molecule has 0 radical (unpaired) electrons. The molecule has 76 valence electrons. The van der Waals surface area contributed by atoms with E-state index in [4.69, 9.17) is 5.73 Å². The third-order valence-corrected chi connectivity index (χ3v) is 4.29. The van der Waals surface area contributed by atoms with E-state index in [0.29, 0.717) is 6.04 Å². The van der Waals surface area contributed by atoms with Gasteiger partial charge in [0, 0.05) is 30.4 Å². The van der Waals surface area contributed by atoms with Crippen molar-refractivity contribution in [3.05, 3.63) is 0 Å². The van der Waals surface area contributed by atoms with Crippen molar-refractivity contribution in [2.75, 3.05) is 18.1 Å². The summed E-state index contributed by atoms with van der Waals surface area (Å²) in [5.41, 5.74) is 5.76. The predicted octanol–water partition coefficient (Wildman–Crippen LogP) is 1.30. The Morgan fingerprint density at radius 1 is 1.38 bits per heavy atom. The van der Waals surface area contributed by atoms with Crippen LogP contribution in [0.15, 0.2) is 0 Å². The summed E-state index contributed by atoms with van der Waals surface area (Å²) in [6, 6.07) is 2.30. The van der Waals surface area contributed by atoms with Crippen LogP contribution in [0.3, 0.4) is 0 Å². The third kappa shape index (κ3) is 2.20. The fourth-order valence-electron chi connectivity index (χ4n) is 2.27. The van der Waals surface area contributed by atoms with E-state index in [1.54, 1.807) is 0 Å². The average Bonchev–Trinajstić information content (AvgIpc) is 2.81. The smallest absolute Gasteiger partial charge is 0.0200 e. The summed E-state index contributed by atoms with van der Waals surface area (Å²) in [6.45, 7) is 3.10. The summed E-state index contributed by atoms with van der Waals surface area (Å²) in [7, 11) is 0.